The van der Waals surface area contributed by atoms with E-state index in [0.29, 0.717) is 0 Å². The Hall–Kier alpha value is -1.02. The van der Waals surface area contributed by atoms with Gasteiger partial charge in [-0.1, -0.05) is 23.7 Å². The van der Waals surface area contributed by atoms with Crippen LogP contribution in [0.25, 0.3) is 0 Å². The second-order valence-corrected chi connectivity index (χ2v) is 3.80. The minimum Gasteiger partial charge on any atom is -0.369 e. The van der Waals surface area contributed by atoms with Crippen LogP contribution in [0.2, 0.25) is 5.02 Å². The molecule has 14 heavy (non-hydrogen) atoms. The summed E-state index contributed by atoms with van der Waals surface area (Å²) in [5.41, 5.74) is 1.27. The van der Waals surface area contributed by atoms with Crippen LogP contribution < -0.4 is 0 Å². The molecule has 0 bridgehead atoms. The van der Waals surface area contributed by atoms with Gasteiger partial charge in [-0.05, 0) is 24.1 Å². The van der Waals surface area contributed by atoms with E-state index in [9.17, 15) is 0 Å². The summed E-state index contributed by atoms with van der Waals surface area (Å²) < 4.78 is 0. The number of rotatable bonds is 4. The lowest BCUT2D eigenvalue weighted by molar-refractivity contribution is 0.638. The molecule has 0 aliphatic rings. The molecule has 3 heteroatoms. The van der Waals surface area contributed by atoms with E-state index in [4.69, 9.17) is 11.6 Å². The van der Waals surface area contributed by atoms with Crippen LogP contribution in [0.5, 0.6) is 0 Å². The fourth-order valence-corrected chi connectivity index (χ4v) is 1.19. The number of hydrogen-bond donors (Lipinski definition) is 0. The van der Waals surface area contributed by atoms with Gasteiger partial charge in [0.25, 0.3) is 0 Å². The van der Waals surface area contributed by atoms with Gasteiger partial charge in [0.1, 0.15) is 0 Å². The third-order valence-electron chi connectivity index (χ3n) is 1.76. The van der Waals surface area contributed by atoms with E-state index in [1.54, 1.807) is 0 Å². The van der Waals surface area contributed by atoms with Gasteiger partial charge in [0, 0.05) is 25.7 Å². The summed E-state index contributed by atoms with van der Waals surface area (Å²) >= 11 is 5.78. The van der Waals surface area contributed by atoms with Crippen LogP contribution in [0.4, 0.5) is 0 Å². The van der Waals surface area contributed by atoms with Crippen molar-refractivity contribution in [3.63, 3.8) is 0 Å². The van der Waals surface area contributed by atoms with Gasteiger partial charge in [0.05, 0.1) is 6.34 Å². The van der Waals surface area contributed by atoms with Gasteiger partial charge in [0.15, 0.2) is 0 Å². The molecule has 0 saturated heterocycles. The van der Waals surface area contributed by atoms with E-state index in [1.165, 1.54) is 5.56 Å². The summed E-state index contributed by atoms with van der Waals surface area (Å²) in [6, 6.07) is 7.89. The van der Waals surface area contributed by atoms with Crippen LogP contribution in [-0.2, 0) is 6.42 Å². The predicted molar refractivity (Wildman–Crippen MR) is 62.2 cm³/mol. The SMILES string of the molecule is CN(C)C=NCCc1ccc(Cl)cc1. The Bertz CT molecular complexity index is 291. The quantitative estimate of drug-likeness (QED) is 0.551. The average molecular weight is 211 g/mol. The Kier molecular flexibility index (Phi) is 4.47. The Balaban J connectivity index is 2.35. The van der Waals surface area contributed by atoms with Crippen molar-refractivity contribution < 1.29 is 0 Å². The first kappa shape index (κ1) is 11.1. The standard InChI is InChI=1S/C11H15ClN2/c1-14(2)9-13-8-7-10-3-5-11(12)6-4-10/h3-6,9H,7-8H2,1-2H3. The zero-order valence-corrected chi connectivity index (χ0v) is 9.33. The third-order valence-corrected chi connectivity index (χ3v) is 2.01. The molecular weight excluding hydrogens is 196 g/mol. The first-order chi connectivity index (χ1) is 6.68. The van der Waals surface area contributed by atoms with Gasteiger partial charge < -0.3 is 4.90 Å². The maximum atomic E-state index is 5.78. The molecule has 0 aliphatic carbocycles. The molecule has 1 aromatic rings. The van der Waals surface area contributed by atoms with Crippen molar-refractivity contribution >= 4 is 17.9 Å². The second-order valence-electron chi connectivity index (χ2n) is 3.36. The highest BCUT2D eigenvalue weighted by Gasteiger charge is 1.91. The molecule has 1 rings (SSSR count). The van der Waals surface area contributed by atoms with Crippen molar-refractivity contribution in [3.05, 3.63) is 34.9 Å². The van der Waals surface area contributed by atoms with Gasteiger partial charge in [-0.15, -0.1) is 0 Å². The molecule has 0 heterocycles. The van der Waals surface area contributed by atoms with Crippen LogP contribution in [0.3, 0.4) is 0 Å². The normalized spacial score (nSPS) is 10.8. The molecule has 0 amide bonds. The van der Waals surface area contributed by atoms with Crippen molar-refractivity contribution in [2.24, 2.45) is 4.99 Å². The third kappa shape index (κ3) is 4.28. The first-order valence-electron chi connectivity index (χ1n) is 4.59. The molecule has 0 radical (unpaired) electrons. The van der Waals surface area contributed by atoms with Crippen molar-refractivity contribution in [1.29, 1.82) is 0 Å². The van der Waals surface area contributed by atoms with E-state index in [1.807, 2.05) is 49.6 Å². The molecule has 0 aromatic heterocycles. The minimum absolute atomic E-state index is 0.783. The van der Waals surface area contributed by atoms with Gasteiger partial charge in [0.2, 0.25) is 0 Å². The van der Waals surface area contributed by atoms with Crippen molar-refractivity contribution in [1.82, 2.24) is 4.90 Å². The number of halogens is 1. The van der Waals surface area contributed by atoms with Gasteiger partial charge >= 0.3 is 0 Å². The van der Waals surface area contributed by atoms with Gasteiger partial charge in [-0.25, -0.2) is 0 Å². The Morgan fingerprint density at radius 3 is 2.50 bits per heavy atom. The zero-order valence-electron chi connectivity index (χ0n) is 8.57. The maximum absolute atomic E-state index is 5.78. The summed E-state index contributed by atoms with van der Waals surface area (Å²) in [7, 11) is 3.93. The molecule has 2 nitrogen and oxygen atoms in total. The molecular formula is C11H15ClN2. The molecule has 1 aromatic carbocycles. The second kappa shape index (κ2) is 5.66. The van der Waals surface area contributed by atoms with Crippen LogP contribution in [-0.4, -0.2) is 31.9 Å². The van der Waals surface area contributed by atoms with Crippen molar-refractivity contribution in [2.75, 3.05) is 20.6 Å². The maximum Gasteiger partial charge on any atom is 0.0844 e. The lowest BCUT2D eigenvalue weighted by atomic mass is 10.2. The van der Waals surface area contributed by atoms with E-state index in [0.717, 1.165) is 18.0 Å². The van der Waals surface area contributed by atoms with Crippen LogP contribution in [0, 0.1) is 0 Å². The summed E-state index contributed by atoms with van der Waals surface area (Å²) in [6.45, 7) is 0.819. The number of benzene rings is 1. The molecule has 0 fully saturated rings. The average Bonchev–Trinajstić information content (AvgIpc) is 2.15. The fraction of sp³-hybridized carbons (Fsp3) is 0.364. The fourth-order valence-electron chi connectivity index (χ4n) is 1.07. The largest absolute Gasteiger partial charge is 0.369 e. The topological polar surface area (TPSA) is 15.6 Å². The Labute approximate surface area is 90.2 Å². The van der Waals surface area contributed by atoms with Crippen molar-refractivity contribution in [2.45, 2.75) is 6.42 Å². The van der Waals surface area contributed by atoms with E-state index >= 15 is 0 Å². The minimum atomic E-state index is 0.783. The lowest BCUT2D eigenvalue weighted by Crippen LogP contribution is -2.08. The van der Waals surface area contributed by atoms with Crippen molar-refractivity contribution in [3.8, 4) is 0 Å². The summed E-state index contributed by atoms with van der Waals surface area (Å²) in [5, 5.41) is 0.783. The highest BCUT2D eigenvalue weighted by molar-refractivity contribution is 6.30. The number of aliphatic imine (C=N–C) groups is 1. The van der Waals surface area contributed by atoms with Crippen LogP contribution >= 0.6 is 11.6 Å². The van der Waals surface area contributed by atoms with Crippen LogP contribution in [0.1, 0.15) is 5.56 Å². The molecule has 0 atom stereocenters. The summed E-state index contributed by atoms with van der Waals surface area (Å²) in [4.78, 5) is 6.19. The van der Waals surface area contributed by atoms with Crippen LogP contribution in [0.15, 0.2) is 29.3 Å². The van der Waals surface area contributed by atoms with E-state index < -0.39 is 0 Å². The van der Waals surface area contributed by atoms with Gasteiger partial charge in [-0.3, -0.25) is 4.99 Å². The summed E-state index contributed by atoms with van der Waals surface area (Å²) in [5.74, 6) is 0. The molecule has 0 spiro atoms. The molecule has 0 unspecified atom stereocenters. The Morgan fingerprint density at radius 1 is 1.29 bits per heavy atom. The highest BCUT2D eigenvalue weighted by atomic mass is 35.5. The first-order valence-corrected chi connectivity index (χ1v) is 4.97. The highest BCUT2D eigenvalue weighted by Crippen LogP contribution is 2.09. The monoisotopic (exact) mass is 210 g/mol. The smallest absolute Gasteiger partial charge is 0.0844 e. The molecule has 76 valence electrons. The molecule has 0 N–H and O–H groups in total. The Morgan fingerprint density at radius 2 is 1.93 bits per heavy atom. The molecule has 0 saturated carbocycles. The number of nitrogens with zero attached hydrogens (tertiary/aromatic N) is 2. The zero-order chi connectivity index (χ0) is 10.4. The predicted octanol–water partition coefficient (Wildman–Crippen LogP) is 2.47. The van der Waals surface area contributed by atoms with E-state index in [-0.39, 0.29) is 0 Å². The lowest BCUT2D eigenvalue weighted by Gasteiger charge is -2.02. The number of hydrogen-bond acceptors (Lipinski definition) is 1. The van der Waals surface area contributed by atoms with E-state index in [2.05, 4.69) is 4.99 Å². The molecule has 0 aliphatic heterocycles. The van der Waals surface area contributed by atoms with Gasteiger partial charge in [-0.2, -0.15) is 0 Å². The summed E-state index contributed by atoms with van der Waals surface area (Å²) in [6.07, 6.45) is 2.79.